The topological polar surface area (TPSA) is 59.8 Å². The predicted octanol–water partition coefficient (Wildman–Crippen LogP) is 2.10. The molecule has 102 valence electrons. The molecule has 0 aliphatic carbocycles. The number of nitrogens with zero attached hydrogens (tertiary/aromatic N) is 3. The van der Waals surface area contributed by atoms with Crippen LogP contribution in [0, 0.1) is 12.8 Å². The van der Waals surface area contributed by atoms with E-state index in [0.29, 0.717) is 12.5 Å². The zero-order valence-corrected chi connectivity index (χ0v) is 12.1. The molecule has 2 rings (SSSR count). The van der Waals surface area contributed by atoms with Gasteiger partial charge < -0.3 is 5.32 Å². The number of rotatable bonds is 5. The number of aryl methyl sites for hydroxylation is 1. The maximum absolute atomic E-state index is 12.2. The van der Waals surface area contributed by atoms with Crippen molar-refractivity contribution in [2.24, 2.45) is 5.92 Å². The minimum Gasteiger partial charge on any atom is -0.346 e. The summed E-state index contributed by atoms with van der Waals surface area (Å²) in [6.45, 7) is 6.73. The highest BCUT2D eigenvalue weighted by Gasteiger charge is 2.19. The van der Waals surface area contributed by atoms with E-state index >= 15 is 0 Å². The summed E-state index contributed by atoms with van der Waals surface area (Å²) in [5.74, 6) is 0.292. The van der Waals surface area contributed by atoms with Gasteiger partial charge in [-0.2, -0.15) is 15.0 Å². The molecular formula is C13H18N4OS. The Morgan fingerprint density at radius 1 is 1.37 bits per heavy atom. The number of carbonyl (C=O) groups is 1. The fraction of sp³-hybridized carbons (Fsp3) is 0.462. The van der Waals surface area contributed by atoms with E-state index in [1.807, 2.05) is 19.1 Å². The molecule has 1 atom stereocenters. The number of hydrogen-bond acceptors (Lipinski definition) is 4. The second kappa shape index (κ2) is 5.97. The van der Waals surface area contributed by atoms with Gasteiger partial charge >= 0.3 is 0 Å². The molecule has 0 aliphatic heterocycles. The molecule has 0 bridgehead atoms. The number of hydrogen-bond donors (Lipinski definition) is 1. The average Bonchev–Trinajstić information content (AvgIpc) is 2.99. The summed E-state index contributed by atoms with van der Waals surface area (Å²) >= 11 is 1.51. The fourth-order valence-corrected chi connectivity index (χ4v) is 2.50. The van der Waals surface area contributed by atoms with Crippen LogP contribution in [-0.4, -0.2) is 26.9 Å². The Morgan fingerprint density at radius 3 is 2.58 bits per heavy atom. The molecule has 0 aliphatic rings. The average molecular weight is 278 g/mol. The Kier molecular flexibility index (Phi) is 4.31. The van der Waals surface area contributed by atoms with E-state index in [1.54, 1.807) is 17.2 Å². The van der Waals surface area contributed by atoms with Gasteiger partial charge in [-0.15, -0.1) is 11.3 Å². The normalized spacial score (nSPS) is 12.6. The molecule has 0 saturated carbocycles. The predicted molar refractivity (Wildman–Crippen MR) is 75.2 cm³/mol. The molecule has 0 aromatic carbocycles. The summed E-state index contributed by atoms with van der Waals surface area (Å²) in [4.78, 5) is 15.6. The van der Waals surface area contributed by atoms with Crippen LogP contribution in [0.3, 0.4) is 0 Å². The smallest absolute Gasteiger partial charge is 0.261 e. The van der Waals surface area contributed by atoms with Crippen LogP contribution in [0.4, 0.5) is 0 Å². The zero-order chi connectivity index (χ0) is 13.8. The summed E-state index contributed by atoms with van der Waals surface area (Å²) in [6.07, 6.45) is 3.28. The summed E-state index contributed by atoms with van der Waals surface area (Å²) < 4.78 is 0. The monoisotopic (exact) mass is 278 g/mol. The van der Waals surface area contributed by atoms with Crippen molar-refractivity contribution >= 4 is 17.2 Å². The molecule has 0 fully saturated rings. The Morgan fingerprint density at radius 2 is 2.05 bits per heavy atom. The van der Waals surface area contributed by atoms with E-state index in [-0.39, 0.29) is 11.9 Å². The Balaban J connectivity index is 2.02. The van der Waals surface area contributed by atoms with E-state index in [1.165, 1.54) is 11.3 Å². The lowest BCUT2D eigenvalue weighted by atomic mass is 10.0. The Hall–Kier alpha value is -1.69. The summed E-state index contributed by atoms with van der Waals surface area (Å²) in [5, 5.41) is 11.2. The number of nitrogens with one attached hydrogen (secondary N) is 1. The van der Waals surface area contributed by atoms with E-state index in [2.05, 4.69) is 29.4 Å². The number of aromatic nitrogens is 3. The van der Waals surface area contributed by atoms with Gasteiger partial charge in [0.15, 0.2) is 0 Å². The fourth-order valence-electron chi connectivity index (χ4n) is 1.73. The Labute approximate surface area is 116 Å². The molecule has 0 radical (unpaired) electrons. The summed E-state index contributed by atoms with van der Waals surface area (Å²) in [7, 11) is 0. The van der Waals surface area contributed by atoms with Crippen molar-refractivity contribution in [3.8, 4) is 0 Å². The second-order valence-electron chi connectivity index (χ2n) is 4.82. The van der Waals surface area contributed by atoms with Gasteiger partial charge in [0.1, 0.15) is 0 Å². The molecule has 0 saturated heterocycles. The molecular weight excluding hydrogens is 260 g/mol. The van der Waals surface area contributed by atoms with Gasteiger partial charge in [0.05, 0.1) is 29.9 Å². The highest BCUT2D eigenvalue weighted by molar-refractivity contribution is 7.13. The van der Waals surface area contributed by atoms with Gasteiger partial charge in [0.25, 0.3) is 5.91 Å². The first kappa shape index (κ1) is 13.7. The maximum atomic E-state index is 12.2. The lowest BCUT2D eigenvalue weighted by Gasteiger charge is -2.21. The van der Waals surface area contributed by atoms with Crippen LogP contribution in [0.25, 0.3) is 0 Å². The third-order valence-corrected chi connectivity index (χ3v) is 3.91. The van der Waals surface area contributed by atoms with E-state index in [4.69, 9.17) is 0 Å². The van der Waals surface area contributed by atoms with Crippen LogP contribution in [0.2, 0.25) is 0 Å². The van der Waals surface area contributed by atoms with Crippen molar-refractivity contribution in [3.05, 3.63) is 34.3 Å². The van der Waals surface area contributed by atoms with Crippen molar-refractivity contribution in [3.63, 3.8) is 0 Å². The van der Waals surface area contributed by atoms with Crippen molar-refractivity contribution in [1.82, 2.24) is 20.3 Å². The Bertz CT molecular complexity index is 533. The molecule has 1 N–H and O–H groups in total. The van der Waals surface area contributed by atoms with Crippen LogP contribution in [0.15, 0.2) is 24.5 Å². The van der Waals surface area contributed by atoms with Gasteiger partial charge in [-0.1, -0.05) is 13.8 Å². The number of carbonyl (C=O) groups excluding carboxylic acids is 1. The molecule has 6 heteroatoms. The number of thiophene rings is 1. The van der Waals surface area contributed by atoms with E-state index in [0.717, 1.165) is 9.75 Å². The SMILES string of the molecule is Cc1ccc(C(=O)NC(Cn2nccn2)C(C)C)s1. The highest BCUT2D eigenvalue weighted by Crippen LogP contribution is 2.15. The molecule has 19 heavy (non-hydrogen) atoms. The molecule has 1 amide bonds. The van der Waals surface area contributed by atoms with Gasteiger partial charge in [-0.3, -0.25) is 4.79 Å². The van der Waals surface area contributed by atoms with E-state index in [9.17, 15) is 4.79 Å². The van der Waals surface area contributed by atoms with Crippen molar-refractivity contribution in [2.75, 3.05) is 0 Å². The largest absolute Gasteiger partial charge is 0.346 e. The standard InChI is InChI=1S/C13H18N4OS/c1-9(2)11(8-17-14-6-7-15-17)16-13(18)12-5-4-10(3)19-12/h4-7,9,11H,8H2,1-3H3,(H,16,18). The first-order valence-electron chi connectivity index (χ1n) is 6.27. The van der Waals surface area contributed by atoms with Gasteiger partial charge in [-0.25, -0.2) is 0 Å². The molecule has 0 spiro atoms. The summed E-state index contributed by atoms with van der Waals surface area (Å²) in [5.41, 5.74) is 0. The minimum atomic E-state index is -0.0241. The van der Waals surface area contributed by atoms with Crippen LogP contribution in [0.5, 0.6) is 0 Å². The zero-order valence-electron chi connectivity index (χ0n) is 11.3. The highest BCUT2D eigenvalue weighted by atomic mass is 32.1. The van der Waals surface area contributed by atoms with Crippen LogP contribution in [0.1, 0.15) is 28.4 Å². The lowest BCUT2D eigenvalue weighted by Crippen LogP contribution is -2.41. The van der Waals surface area contributed by atoms with Crippen molar-refractivity contribution in [1.29, 1.82) is 0 Å². The lowest BCUT2D eigenvalue weighted by molar-refractivity contribution is 0.0922. The third kappa shape index (κ3) is 3.64. The first-order chi connectivity index (χ1) is 9.06. The molecule has 1 unspecified atom stereocenters. The second-order valence-corrected chi connectivity index (χ2v) is 6.11. The van der Waals surface area contributed by atoms with Crippen LogP contribution in [-0.2, 0) is 6.54 Å². The van der Waals surface area contributed by atoms with Gasteiger partial charge in [0.2, 0.25) is 0 Å². The first-order valence-corrected chi connectivity index (χ1v) is 7.09. The molecule has 2 aromatic rings. The third-order valence-electron chi connectivity index (χ3n) is 2.91. The van der Waals surface area contributed by atoms with E-state index < -0.39 is 0 Å². The maximum Gasteiger partial charge on any atom is 0.261 e. The van der Waals surface area contributed by atoms with Gasteiger partial charge in [-0.05, 0) is 25.0 Å². The number of amides is 1. The van der Waals surface area contributed by atoms with Gasteiger partial charge in [0, 0.05) is 4.88 Å². The molecule has 2 heterocycles. The summed E-state index contributed by atoms with van der Waals surface area (Å²) in [6, 6.07) is 3.83. The van der Waals surface area contributed by atoms with Crippen LogP contribution < -0.4 is 5.32 Å². The van der Waals surface area contributed by atoms with Crippen LogP contribution >= 0.6 is 11.3 Å². The molecule has 2 aromatic heterocycles. The van der Waals surface area contributed by atoms with Crippen molar-refractivity contribution in [2.45, 2.75) is 33.4 Å². The minimum absolute atomic E-state index is 0.0160. The van der Waals surface area contributed by atoms with Crippen molar-refractivity contribution < 1.29 is 4.79 Å². The molecule has 5 nitrogen and oxygen atoms in total. The quantitative estimate of drug-likeness (QED) is 0.911.